The van der Waals surface area contributed by atoms with Crippen LogP contribution in [0.4, 0.5) is 0 Å². The van der Waals surface area contributed by atoms with E-state index in [0.717, 1.165) is 18.0 Å². The lowest BCUT2D eigenvalue weighted by Crippen LogP contribution is -2.32. The fraction of sp³-hybridized carbons (Fsp3) is 1.00. The summed E-state index contributed by atoms with van der Waals surface area (Å²) in [5.74, 6) is 0.935. The summed E-state index contributed by atoms with van der Waals surface area (Å²) in [4.78, 5) is 2.80. The highest BCUT2D eigenvalue weighted by atomic mass is 15.2. The lowest BCUT2D eigenvalue weighted by atomic mass is 9.97. The van der Waals surface area contributed by atoms with Gasteiger partial charge in [-0.15, -0.1) is 0 Å². The van der Waals surface area contributed by atoms with Crippen molar-refractivity contribution in [2.24, 2.45) is 5.92 Å². The molecule has 0 aromatic carbocycles. The maximum absolute atomic E-state index is 2.80. The van der Waals surface area contributed by atoms with Crippen molar-refractivity contribution in [3.05, 3.63) is 0 Å². The first kappa shape index (κ1) is 9.51. The van der Waals surface area contributed by atoms with Gasteiger partial charge in [-0.3, -0.25) is 4.90 Å². The quantitative estimate of drug-likeness (QED) is 0.647. The maximum atomic E-state index is 2.80. The average molecular weight is 181 g/mol. The number of hydrogen-bond donors (Lipinski definition) is 0. The summed E-state index contributed by atoms with van der Waals surface area (Å²) in [6.45, 7) is 6.12. The van der Waals surface area contributed by atoms with Crippen LogP contribution in [0.3, 0.4) is 0 Å². The van der Waals surface area contributed by atoms with Crippen molar-refractivity contribution in [2.75, 3.05) is 6.54 Å². The highest BCUT2D eigenvalue weighted by Gasteiger charge is 2.36. The molecule has 76 valence electrons. The smallest absolute Gasteiger partial charge is 0.0101 e. The third-order valence-electron chi connectivity index (χ3n) is 4.10. The Morgan fingerprint density at radius 3 is 2.92 bits per heavy atom. The number of nitrogens with zero attached hydrogens (tertiary/aromatic N) is 1. The van der Waals surface area contributed by atoms with Gasteiger partial charge in [0.1, 0.15) is 0 Å². The molecular formula is C12H23N. The number of fused-ring (bicyclic) bond motifs is 1. The molecule has 3 atom stereocenters. The molecule has 2 aliphatic rings. The molecule has 0 aliphatic carbocycles. The van der Waals surface area contributed by atoms with E-state index in [1.807, 2.05) is 0 Å². The molecule has 0 N–H and O–H groups in total. The molecule has 0 saturated carbocycles. The Morgan fingerprint density at radius 1 is 1.31 bits per heavy atom. The average Bonchev–Trinajstić information content (AvgIpc) is 2.69. The fourth-order valence-corrected chi connectivity index (χ4v) is 3.08. The van der Waals surface area contributed by atoms with Crippen LogP contribution in [0.5, 0.6) is 0 Å². The Labute approximate surface area is 82.5 Å². The van der Waals surface area contributed by atoms with Crippen LogP contribution in [-0.2, 0) is 0 Å². The van der Waals surface area contributed by atoms with E-state index in [-0.39, 0.29) is 0 Å². The molecule has 2 fully saturated rings. The van der Waals surface area contributed by atoms with E-state index in [2.05, 4.69) is 18.7 Å². The van der Waals surface area contributed by atoms with Gasteiger partial charge in [0.25, 0.3) is 0 Å². The lowest BCUT2D eigenvalue weighted by molar-refractivity contribution is 0.214. The standard InChI is InChI=1S/C12H23N/c1-3-10(2)9-12-7-6-11-5-4-8-13(11)12/h10-12H,3-9H2,1-2H3. The van der Waals surface area contributed by atoms with Crippen LogP contribution in [-0.4, -0.2) is 23.5 Å². The van der Waals surface area contributed by atoms with Crippen molar-refractivity contribution in [3.8, 4) is 0 Å². The predicted octanol–water partition coefficient (Wildman–Crippen LogP) is 3.05. The second-order valence-corrected chi connectivity index (χ2v) is 5.01. The normalized spacial score (nSPS) is 36.5. The van der Waals surface area contributed by atoms with E-state index in [0.29, 0.717) is 0 Å². The molecule has 2 aliphatic heterocycles. The Balaban J connectivity index is 1.86. The predicted molar refractivity (Wildman–Crippen MR) is 56.8 cm³/mol. The largest absolute Gasteiger partial charge is 0.297 e. The molecule has 0 amide bonds. The maximum Gasteiger partial charge on any atom is 0.0101 e. The summed E-state index contributed by atoms with van der Waals surface area (Å²) in [5.41, 5.74) is 0. The van der Waals surface area contributed by atoms with E-state index in [9.17, 15) is 0 Å². The van der Waals surface area contributed by atoms with Crippen molar-refractivity contribution in [3.63, 3.8) is 0 Å². The van der Waals surface area contributed by atoms with Crippen molar-refractivity contribution in [1.29, 1.82) is 0 Å². The number of hydrogen-bond acceptors (Lipinski definition) is 1. The summed E-state index contributed by atoms with van der Waals surface area (Å²) in [7, 11) is 0. The summed E-state index contributed by atoms with van der Waals surface area (Å²) >= 11 is 0. The molecule has 0 spiro atoms. The van der Waals surface area contributed by atoms with Crippen molar-refractivity contribution < 1.29 is 0 Å². The lowest BCUT2D eigenvalue weighted by Gasteiger charge is -2.25. The fourth-order valence-electron chi connectivity index (χ4n) is 3.08. The van der Waals surface area contributed by atoms with Gasteiger partial charge < -0.3 is 0 Å². The van der Waals surface area contributed by atoms with Gasteiger partial charge in [-0.1, -0.05) is 20.3 Å². The first-order valence-corrected chi connectivity index (χ1v) is 6.07. The van der Waals surface area contributed by atoms with Gasteiger partial charge in [-0.05, 0) is 44.6 Å². The molecule has 2 heterocycles. The first-order valence-electron chi connectivity index (χ1n) is 6.07. The van der Waals surface area contributed by atoms with Gasteiger partial charge in [0, 0.05) is 12.1 Å². The van der Waals surface area contributed by atoms with Gasteiger partial charge in [0.15, 0.2) is 0 Å². The second kappa shape index (κ2) is 4.00. The van der Waals surface area contributed by atoms with E-state index in [1.54, 1.807) is 0 Å². The summed E-state index contributed by atoms with van der Waals surface area (Å²) in [6.07, 6.45) is 8.72. The van der Waals surface area contributed by atoms with Crippen molar-refractivity contribution in [1.82, 2.24) is 4.90 Å². The molecule has 1 nitrogen and oxygen atoms in total. The summed E-state index contributed by atoms with van der Waals surface area (Å²) in [6, 6.07) is 1.93. The van der Waals surface area contributed by atoms with Crippen LogP contribution >= 0.6 is 0 Å². The number of rotatable bonds is 3. The molecular weight excluding hydrogens is 158 g/mol. The van der Waals surface area contributed by atoms with Crippen LogP contribution in [0.1, 0.15) is 52.4 Å². The molecule has 1 heteroatoms. The van der Waals surface area contributed by atoms with Gasteiger partial charge >= 0.3 is 0 Å². The van der Waals surface area contributed by atoms with E-state index >= 15 is 0 Å². The monoisotopic (exact) mass is 181 g/mol. The van der Waals surface area contributed by atoms with Gasteiger partial charge in [-0.25, -0.2) is 0 Å². The second-order valence-electron chi connectivity index (χ2n) is 5.01. The zero-order chi connectivity index (χ0) is 9.26. The SMILES string of the molecule is CCC(C)CC1CCC2CCCN21. The highest BCUT2D eigenvalue weighted by molar-refractivity contribution is 4.92. The first-order chi connectivity index (χ1) is 6.31. The van der Waals surface area contributed by atoms with Gasteiger partial charge in [0.05, 0.1) is 0 Å². The highest BCUT2D eigenvalue weighted by Crippen LogP contribution is 2.35. The molecule has 2 rings (SSSR count). The Morgan fingerprint density at radius 2 is 2.15 bits per heavy atom. The zero-order valence-electron chi connectivity index (χ0n) is 9.13. The molecule has 0 aromatic heterocycles. The van der Waals surface area contributed by atoms with Crippen molar-refractivity contribution >= 4 is 0 Å². The van der Waals surface area contributed by atoms with Crippen LogP contribution < -0.4 is 0 Å². The van der Waals surface area contributed by atoms with Gasteiger partial charge in [0.2, 0.25) is 0 Å². The minimum absolute atomic E-state index is 0.935. The van der Waals surface area contributed by atoms with Crippen LogP contribution in [0, 0.1) is 5.92 Å². The third kappa shape index (κ3) is 1.90. The molecule has 0 bridgehead atoms. The minimum Gasteiger partial charge on any atom is -0.297 e. The topological polar surface area (TPSA) is 3.24 Å². The van der Waals surface area contributed by atoms with Crippen LogP contribution in [0.2, 0.25) is 0 Å². The summed E-state index contributed by atoms with van der Waals surface area (Å²) in [5, 5.41) is 0. The van der Waals surface area contributed by atoms with E-state index in [4.69, 9.17) is 0 Å². The Bertz CT molecular complexity index is 167. The Kier molecular flexibility index (Phi) is 2.92. The Hall–Kier alpha value is -0.0400. The molecule has 3 unspecified atom stereocenters. The van der Waals surface area contributed by atoms with E-state index < -0.39 is 0 Å². The van der Waals surface area contributed by atoms with Gasteiger partial charge in [-0.2, -0.15) is 0 Å². The van der Waals surface area contributed by atoms with Crippen molar-refractivity contribution in [2.45, 2.75) is 64.5 Å². The van der Waals surface area contributed by atoms with E-state index in [1.165, 1.54) is 45.1 Å². The molecule has 0 aromatic rings. The molecule has 13 heavy (non-hydrogen) atoms. The minimum atomic E-state index is 0.935. The third-order valence-corrected chi connectivity index (χ3v) is 4.10. The zero-order valence-corrected chi connectivity index (χ0v) is 9.13. The van der Waals surface area contributed by atoms with Crippen LogP contribution in [0.25, 0.3) is 0 Å². The van der Waals surface area contributed by atoms with Crippen LogP contribution in [0.15, 0.2) is 0 Å². The molecule has 0 radical (unpaired) electrons. The molecule has 2 saturated heterocycles. The summed E-state index contributed by atoms with van der Waals surface area (Å²) < 4.78 is 0.